The number of amides is 2. The molecule has 2 heterocycles. The van der Waals surface area contributed by atoms with E-state index in [-0.39, 0.29) is 25.0 Å². The topological polar surface area (TPSA) is 51.5 Å². The van der Waals surface area contributed by atoms with Crippen LogP contribution in [0.15, 0.2) is 42.5 Å². The van der Waals surface area contributed by atoms with E-state index in [0.717, 1.165) is 28.4 Å². The van der Waals surface area contributed by atoms with Crippen molar-refractivity contribution >= 4 is 39.3 Å². The van der Waals surface area contributed by atoms with Gasteiger partial charge in [-0.15, -0.1) is 0 Å². The van der Waals surface area contributed by atoms with Crippen molar-refractivity contribution in [2.45, 2.75) is 13.5 Å². The molecule has 1 aliphatic heterocycles. The van der Waals surface area contributed by atoms with Gasteiger partial charge in [0.05, 0.1) is 5.69 Å². The van der Waals surface area contributed by atoms with Crippen molar-refractivity contribution in [1.82, 2.24) is 4.57 Å². The molecule has 0 N–H and O–H groups in total. The number of imide groups is 1. The molecule has 116 valence electrons. The van der Waals surface area contributed by atoms with Crippen molar-refractivity contribution in [3.05, 3.63) is 42.5 Å². The fourth-order valence-electron chi connectivity index (χ4n) is 3.30. The van der Waals surface area contributed by atoms with E-state index >= 15 is 0 Å². The first-order valence-electron chi connectivity index (χ1n) is 7.65. The Morgan fingerprint density at radius 3 is 2.39 bits per heavy atom. The highest BCUT2D eigenvalue weighted by Gasteiger charge is 2.28. The van der Waals surface area contributed by atoms with Crippen LogP contribution < -0.4 is 4.90 Å². The van der Waals surface area contributed by atoms with Crippen molar-refractivity contribution < 1.29 is 14.3 Å². The Morgan fingerprint density at radius 1 is 0.957 bits per heavy atom. The molecule has 0 saturated carbocycles. The minimum absolute atomic E-state index is 0.0551. The van der Waals surface area contributed by atoms with Gasteiger partial charge >= 0.3 is 0 Å². The number of nitrogens with zero attached hydrogens (tertiary/aromatic N) is 2. The fraction of sp³-hybridized carbons (Fsp3) is 0.222. The Morgan fingerprint density at radius 2 is 1.65 bits per heavy atom. The number of anilines is 1. The van der Waals surface area contributed by atoms with Gasteiger partial charge in [-0.05, 0) is 31.2 Å². The highest BCUT2D eigenvalue weighted by Crippen LogP contribution is 2.32. The summed E-state index contributed by atoms with van der Waals surface area (Å²) in [6.07, 6.45) is 0. The number of aromatic nitrogens is 1. The Labute approximate surface area is 133 Å². The molecule has 4 rings (SSSR count). The number of morpholine rings is 1. The van der Waals surface area contributed by atoms with Crippen LogP contribution in [0.2, 0.25) is 0 Å². The minimum Gasteiger partial charge on any atom is -0.362 e. The van der Waals surface area contributed by atoms with E-state index in [1.165, 1.54) is 4.90 Å². The SMILES string of the molecule is CCn1c2ccccc2c2cc(N3C(=O)COCC3=O)ccc21. The molecule has 23 heavy (non-hydrogen) atoms. The largest absolute Gasteiger partial charge is 0.362 e. The molecule has 2 aromatic carbocycles. The summed E-state index contributed by atoms with van der Waals surface area (Å²) in [4.78, 5) is 25.3. The Kier molecular flexibility index (Phi) is 3.16. The Bertz CT molecular complexity index is 926. The molecule has 0 spiro atoms. The molecule has 2 amide bonds. The molecule has 0 unspecified atom stereocenters. The smallest absolute Gasteiger partial charge is 0.259 e. The van der Waals surface area contributed by atoms with Crippen LogP contribution in [-0.4, -0.2) is 29.6 Å². The van der Waals surface area contributed by atoms with Crippen LogP contribution in [0, 0.1) is 0 Å². The maximum atomic E-state index is 12.0. The number of benzene rings is 2. The predicted molar refractivity (Wildman–Crippen MR) is 88.4 cm³/mol. The molecular formula is C18H16N2O3. The maximum Gasteiger partial charge on any atom is 0.259 e. The molecule has 5 heteroatoms. The lowest BCUT2D eigenvalue weighted by Gasteiger charge is -2.25. The molecule has 0 radical (unpaired) electrons. The van der Waals surface area contributed by atoms with Gasteiger partial charge in [0, 0.05) is 28.4 Å². The molecule has 1 saturated heterocycles. The number of carbonyl (C=O) groups is 2. The number of aryl methyl sites for hydroxylation is 1. The average molecular weight is 308 g/mol. The first-order chi connectivity index (χ1) is 11.2. The summed E-state index contributed by atoms with van der Waals surface area (Å²) in [7, 11) is 0. The number of fused-ring (bicyclic) bond motifs is 3. The van der Waals surface area contributed by atoms with E-state index in [0.29, 0.717) is 5.69 Å². The molecule has 1 aromatic heterocycles. The highest BCUT2D eigenvalue weighted by molar-refractivity contribution is 6.18. The van der Waals surface area contributed by atoms with Gasteiger partial charge in [-0.25, -0.2) is 4.90 Å². The van der Waals surface area contributed by atoms with Gasteiger partial charge in [0.15, 0.2) is 0 Å². The zero-order valence-electron chi connectivity index (χ0n) is 12.8. The lowest BCUT2D eigenvalue weighted by molar-refractivity contribution is -0.138. The van der Waals surface area contributed by atoms with E-state index in [9.17, 15) is 9.59 Å². The van der Waals surface area contributed by atoms with E-state index in [2.05, 4.69) is 23.6 Å². The molecular weight excluding hydrogens is 292 g/mol. The van der Waals surface area contributed by atoms with E-state index in [1.54, 1.807) is 0 Å². The van der Waals surface area contributed by atoms with Crippen LogP contribution >= 0.6 is 0 Å². The molecule has 5 nitrogen and oxygen atoms in total. The van der Waals surface area contributed by atoms with Crippen molar-refractivity contribution in [3.63, 3.8) is 0 Å². The van der Waals surface area contributed by atoms with Crippen molar-refractivity contribution in [2.24, 2.45) is 0 Å². The van der Waals surface area contributed by atoms with Crippen molar-refractivity contribution in [2.75, 3.05) is 18.1 Å². The summed E-state index contributed by atoms with van der Waals surface area (Å²) in [6, 6.07) is 13.9. The van der Waals surface area contributed by atoms with Gasteiger partial charge in [0.25, 0.3) is 11.8 Å². The molecule has 0 aliphatic carbocycles. The second kappa shape index (κ2) is 5.21. The summed E-state index contributed by atoms with van der Waals surface area (Å²) in [6.45, 7) is 2.86. The zero-order valence-corrected chi connectivity index (χ0v) is 12.8. The molecule has 1 aliphatic rings. The van der Waals surface area contributed by atoms with Crippen LogP contribution in [0.4, 0.5) is 5.69 Å². The summed E-state index contributed by atoms with van der Waals surface area (Å²) < 4.78 is 7.21. The van der Waals surface area contributed by atoms with Crippen molar-refractivity contribution in [3.8, 4) is 0 Å². The molecule has 3 aromatic rings. The third-order valence-electron chi connectivity index (χ3n) is 4.28. The maximum absolute atomic E-state index is 12.0. The highest BCUT2D eigenvalue weighted by atomic mass is 16.5. The summed E-state index contributed by atoms with van der Waals surface area (Å²) in [5.74, 6) is -0.639. The van der Waals surface area contributed by atoms with Crippen LogP contribution in [0.5, 0.6) is 0 Å². The number of hydrogen-bond acceptors (Lipinski definition) is 3. The number of hydrogen-bond donors (Lipinski definition) is 0. The third-order valence-corrected chi connectivity index (χ3v) is 4.28. The molecule has 0 atom stereocenters. The fourth-order valence-corrected chi connectivity index (χ4v) is 3.30. The van der Waals surface area contributed by atoms with E-state index in [4.69, 9.17) is 4.74 Å². The number of carbonyl (C=O) groups excluding carboxylic acids is 2. The van der Waals surface area contributed by atoms with E-state index < -0.39 is 0 Å². The van der Waals surface area contributed by atoms with Gasteiger partial charge in [0.2, 0.25) is 0 Å². The van der Waals surface area contributed by atoms with Crippen LogP contribution in [0.25, 0.3) is 21.8 Å². The summed E-state index contributed by atoms with van der Waals surface area (Å²) in [5, 5.41) is 2.17. The Hall–Kier alpha value is -2.66. The van der Waals surface area contributed by atoms with Gasteiger partial charge in [0.1, 0.15) is 13.2 Å². The van der Waals surface area contributed by atoms with Gasteiger partial charge < -0.3 is 9.30 Å². The first-order valence-corrected chi connectivity index (χ1v) is 7.65. The molecule has 1 fully saturated rings. The van der Waals surface area contributed by atoms with Crippen LogP contribution in [-0.2, 0) is 20.9 Å². The average Bonchev–Trinajstić information content (AvgIpc) is 2.88. The summed E-state index contributed by atoms with van der Waals surface area (Å²) >= 11 is 0. The number of rotatable bonds is 2. The molecule has 0 bridgehead atoms. The van der Waals surface area contributed by atoms with Crippen LogP contribution in [0.1, 0.15) is 6.92 Å². The monoisotopic (exact) mass is 308 g/mol. The van der Waals surface area contributed by atoms with E-state index in [1.807, 2.05) is 30.3 Å². The predicted octanol–water partition coefficient (Wildman–Crippen LogP) is 2.70. The summed E-state index contributed by atoms with van der Waals surface area (Å²) in [5.41, 5.74) is 2.86. The minimum atomic E-state index is -0.320. The second-order valence-electron chi connectivity index (χ2n) is 5.58. The normalized spacial score (nSPS) is 15.8. The Balaban J connectivity index is 1.96. The van der Waals surface area contributed by atoms with Gasteiger partial charge in [-0.3, -0.25) is 9.59 Å². The third kappa shape index (κ3) is 2.04. The van der Waals surface area contributed by atoms with Gasteiger partial charge in [-0.1, -0.05) is 18.2 Å². The standard InChI is InChI=1S/C18H16N2O3/c1-2-19-15-6-4-3-5-13(15)14-9-12(7-8-16(14)19)20-17(21)10-23-11-18(20)22/h3-9H,2,10-11H2,1H3. The second-order valence-corrected chi connectivity index (χ2v) is 5.58. The lowest BCUT2D eigenvalue weighted by atomic mass is 10.1. The van der Waals surface area contributed by atoms with Crippen molar-refractivity contribution in [1.29, 1.82) is 0 Å². The zero-order chi connectivity index (χ0) is 16.0. The quantitative estimate of drug-likeness (QED) is 0.684. The first kappa shape index (κ1) is 14.0. The number of para-hydroxylation sites is 1. The van der Waals surface area contributed by atoms with Crippen LogP contribution in [0.3, 0.4) is 0 Å². The number of ether oxygens (including phenoxy) is 1. The lowest BCUT2D eigenvalue weighted by Crippen LogP contribution is -2.46. The van der Waals surface area contributed by atoms with Gasteiger partial charge in [-0.2, -0.15) is 0 Å².